The lowest BCUT2D eigenvalue weighted by Crippen LogP contribution is -2.15. The first kappa shape index (κ1) is 11.6. The van der Waals surface area contributed by atoms with Crippen LogP contribution < -0.4 is 5.73 Å². The highest BCUT2D eigenvalue weighted by atomic mass is 79.9. The number of rotatable bonds is 2. The molecular weight excluding hydrogens is 300 g/mol. The highest BCUT2D eigenvalue weighted by Crippen LogP contribution is 2.32. The molecule has 0 bridgehead atoms. The van der Waals surface area contributed by atoms with Crippen molar-refractivity contribution in [3.05, 3.63) is 29.1 Å². The standard InChI is InChI=1S/C11H11BrN4O2/c12-7-3-16(8-2-1-6(4-17)18-8)11-9(7)10(13)14-5-15-11/h1-3,5-6,8,17H,4H2,(H2,13,14,15)/t6-,8+/m0/s1. The first-order valence-electron chi connectivity index (χ1n) is 5.42. The lowest BCUT2D eigenvalue weighted by Gasteiger charge is -2.14. The maximum Gasteiger partial charge on any atom is 0.155 e. The average molecular weight is 311 g/mol. The molecule has 7 heteroatoms. The van der Waals surface area contributed by atoms with Gasteiger partial charge < -0.3 is 20.1 Å². The third-order valence-corrected chi connectivity index (χ3v) is 3.45. The fourth-order valence-electron chi connectivity index (χ4n) is 2.01. The van der Waals surface area contributed by atoms with E-state index in [0.29, 0.717) is 11.5 Å². The zero-order valence-corrected chi connectivity index (χ0v) is 10.9. The minimum Gasteiger partial charge on any atom is -0.393 e. The van der Waals surface area contributed by atoms with Gasteiger partial charge in [-0.3, -0.25) is 0 Å². The molecule has 2 aromatic rings. The lowest BCUT2D eigenvalue weighted by atomic mass is 10.4. The average Bonchev–Trinajstić information content (AvgIpc) is 2.94. The van der Waals surface area contributed by atoms with Gasteiger partial charge in [0.05, 0.1) is 12.0 Å². The highest BCUT2D eigenvalue weighted by Gasteiger charge is 2.23. The van der Waals surface area contributed by atoms with Crippen LogP contribution in [0.3, 0.4) is 0 Å². The number of anilines is 1. The zero-order valence-electron chi connectivity index (χ0n) is 9.32. The molecule has 3 N–H and O–H groups in total. The third kappa shape index (κ3) is 1.71. The molecule has 2 aromatic heterocycles. The fourth-order valence-corrected chi connectivity index (χ4v) is 2.61. The second-order valence-corrected chi connectivity index (χ2v) is 4.83. The van der Waals surface area contributed by atoms with Crippen molar-refractivity contribution in [3.63, 3.8) is 0 Å². The summed E-state index contributed by atoms with van der Waals surface area (Å²) in [6.45, 7) is -0.0372. The number of aliphatic hydroxyl groups excluding tert-OH is 1. The Balaban J connectivity index is 2.09. The van der Waals surface area contributed by atoms with E-state index in [2.05, 4.69) is 25.9 Å². The van der Waals surface area contributed by atoms with E-state index >= 15 is 0 Å². The Kier molecular flexibility index (Phi) is 2.81. The Morgan fingerprint density at radius 3 is 3.00 bits per heavy atom. The minimum absolute atomic E-state index is 0.0372. The molecule has 0 spiro atoms. The van der Waals surface area contributed by atoms with Crippen LogP contribution in [-0.2, 0) is 4.74 Å². The Hall–Kier alpha value is -1.44. The summed E-state index contributed by atoms with van der Waals surface area (Å²) in [5, 5.41) is 9.82. The van der Waals surface area contributed by atoms with Crippen molar-refractivity contribution in [2.45, 2.75) is 12.3 Å². The zero-order chi connectivity index (χ0) is 12.7. The molecule has 1 aliphatic heterocycles. The van der Waals surface area contributed by atoms with Gasteiger partial charge in [0.15, 0.2) is 6.23 Å². The molecule has 3 rings (SSSR count). The summed E-state index contributed by atoms with van der Waals surface area (Å²) < 4.78 is 8.31. The molecule has 6 nitrogen and oxygen atoms in total. The molecular formula is C11H11BrN4O2. The van der Waals surface area contributed by atoms with Gasteiger partial charge in [-0.15, -0.1) is 0 Å². The molecule has 0 fully saturated rings. The SMILES string of the molecule is Nc1ncnc2c1c(Br)cn2[C@H]1C=C[C@@H](CO)O1. The quantitative estimate of drug-likeness (QED) is 0.815. The smallest absolute Gasteiger partial charge is 0.155 e. The number of nitrogens with zero attached hydrogens (tertiary/aromatic N) is 3. The summed E-state index contributed by atoms with van der Waals surface area (Å²) >= 11 is 3.44. The van der Waals surface area contributed by atoms with E-state index in [9.17, 15) is 0 Å². The number of hydrogen-bond acceptors (Lipinski definition) is 5. The van der Waals surface area contributed by atoms with Crippen LogP contribution >= 0.6 is 15.9 Å². The number of aromatic nitrogens is 3. The maximum absolute atomic E-state index is 9.05. The Morgan fingerprint density at radius 2 is 2.28 bits per heavy atom. The van der Waals surface area contributed by atoms with E-state index in [1.807, 2.05) is 22.9 Å². The van der Waals surface area contributed by atoms with Gasteiger partial charge in [0.2, 0.25) is 0 Å². The van der Waals surface area contributed by atoms with Crippen LogP contribution in [0, 0.1) is 0 Å². The fraction of sp³-hybridized carbons (Fsp3) is 0.273. The van der Waals surface area contributed by atoms with E-state index in [1.165, 1.54) is 6.33 Å². The maximum atomic E-state index is 9.05. The van der Waals surface area contributed by atoms with Crippen LogP contribution in [0.1, 0.15) is 6.23 Å². The van der Waals surface area contributed by atoms with Crippen molar-refractivity contribution in [3.8, 4) is 0 Å². The van der Waals surface area contributed by atoms with E-state index in [4.69, 9.17) is 15.6 Å². The summed E-state index contributed by atoms with van der Waals surface area (Å²) in [4.78, 5) is 8.19. The Labute approximate surface area is 111 Å². The van der Waals surface area contributed by atoms with Gasteiger partial charge >= 0.3 is 0 Å². The van der Waals surface area contributed by atoms with E-state index < -0.39 is 0 Å². The van der Waals surface area contributed by atoms with Gasteiger partial charge in [0.25, 0.3) is 0 Å². The molecule has 94 valence electrons. The largest absolute Gasteiger partial charge is 0.393 e. The van der Waals surface area contributed by atoms with Crippen LogP contribution in [0.4, 0.5) is 5.82 Å². The number of nitrogen functional groups attached to an aromatic ring is 1. The summed E-state index contributed by atoms with van der Waals surface area (Å²) in [5.41, 5.74) is 6.53. The van der Waals surface area contributed by atoms with Crippen LogP contribution in [0.25, 0.3) is 11.0 Å². The molecule has 0 saturated heterocycles. The normalized spacial score (nSPS) is 23.0. The van der Waals surface area contributed by atoms with Gasteiger partial charge in [-0.25, -0.2) is 9.97 Å². The Bertz CT molecular complexity index is 625. The summed E-state index contributed by atoms with van der Waals surface area (Å²) in [7, 11) is 0. The monoisotopic (exact) mass is 310 g/mol. The van der Waals surface area contributed by atoms with Crippen molar-refractivity contribution < 1.29 is 9.84 Å². The molecule has 3 heterocycles. The molecule has 0 saturated carbocycles. The summed E-state index contributed by atoms with van der Waals surface area (Å²) in [5.74, 6) is 0.423. The molecule has 2 atom stereocenters. The first-order valence-corrected chi connectivity index (χ1v) is 6.21. The van der Waals surface area contributed by atoms with Crippen LogP contribution in [0.15, 0.2) is 29.1 Å². The number of aliphatic hydroxyl groups is 1. The molecule has 1 aliphatic rings. The molecule has 0 amide bonds. The predicted octanol–water partition coefficient (Wildman–Crippen LogP) is 1.22. The predicted molar refractivity (Wildman–Crippen MR) is 69.8 cm³/mol. The molecule has 0 aromatic carbocycles. The number of hydrogen-bond donors (Lipinski definition) is 2. The lowest BCUT2D eigenvalue weighted by molar-refractivity contribution is -0.00617. The van der Waals surface area contributed by atoms with Gasteiger partial charge in [-0.2, -0.15) is 0 Å². The van der Waals surface area contributed by atoms with E-state index in [-0.39, 0.29) is 18.9 Å². The Morgan fingerprint density at radius 1 is 1.44 bits per heavy atom. The molecule has 0 radical (unpaired) electrons. The second-order valence-electron chi connectivity index (χ2n) is 3.97. The highest BCUT2D eigenvalue weighted by molar-refractivity contribution is 9.10. The van der Waals surface area contributed by atoms with Crippen molar-refractivity contribution in [1.82, 2.24) is 14.5 Å². The minimum atomic E-state index is -0.287. The van der Waals surface area contributed by atoms with Crippen LogP contribution in [0.2, 0.25) is 0 Å². The number of nitrogens with two attached hydrogens (primary N) is 1. The second kappa shape index (κ2) is 4.34. The van der Waals surface area contributed by atoms with Crippen molar-refractivity contribution in [1.29, 1.82) is 0 Å². The molecule has 0 unspecified atom stereocenters. The van der Waals surface area contributed by atoms with Crippen molar-refractivity contribution >= 4 is 32.8 Å². The van der Waals surface area contributed by atoms with Gasteiger partial charge in [0.1, 0.15) is 23.9 Å². The van der Waals surface area contributed by atoms with Gasteiger partial charge in [-0.1, -0.05) is 6.08 Å². The summed E-state index contributed by atoms with van der Waals surface area (Å²) in [6.07, 6.45) is 6.42. The number of halogens is 1. The van der Waals surface area contributed by atoms with Crippen LogP contribution in [-0.4, -0.2) is 32.4 Å². The van der Waals surface area contributed by atoms with E-state index in [1.54, 1.807) is 0 Å². The summed E-state index contributed by atoms with van der Waals surface area (Å²) in [6, 6.07) is 0. The van der Waals surface area contributed by atoms with Gasteiger partial charge in [-0.05, 0) is 22.0 Å². The third-order valence-electron chi connectivity index (χ3n) is 2.85. The van der Waals surface area contributed by atoms with Crippen molar-refractivity contribution in [2.75, 3.05) is 12.3 Å². The molecule has 18 heavy (non-hydrogen) atoms. The van der Waals surface area contributed by atoms with Gasteiger partial charge in [0, 0.05) is 10.7 Å². The number of ether oxygens (including phenoxy) is 1. The number of fused-ring (bicyclic) bond motifs is 1. The first-order chi connectivity index (χ1) is 8.70. The van der Waals surface area contributed by atoms with E-state index in [0.717, 1.165) is 9.86 Å². The molecule has 0 aliphatic carbocycles. The topological polar surface area (TPSA) is 86.2 Å². The van der Waals surface area contributed by atoms with Crippen molar-refractivity contribution in [2.24, 2.45) is 0 Å². The van der Waals surface area contributed by atoms with Crippen LogP contribution in [0.5, 0.6) is 0 Å².